The number of rotatable bonds is 7. The van der Waals surface area contributed by atoms with Crippen molar-refractivity contribution in [1.82, 2.24) is 0 Å². The van der Waals surface area contributed by atoms with Crippen molar-refractivity contribution in [2.45, 2.75) is 19.1 Å². The third-order valence-corrected chi connectivity index (χ3v) is 13.8. The lowest BCUT2D eigenvalue weighted by Gasteiger charge is -2.47. The molecule has 3 atom stereocenters. The lowest BCUT2D eigenvalue weighted by Crippen LogP contribution is -2.26. The van der Waals surface area contributed by atoms with Crippen molar-refractivity contribution >= 4 is 60.4 Å². The Kier molecular flexibility index (Phi) is 9.33. The van der Waals surface area contributed by atoms with Crippen molar-refractivity contribution in [3.8, 4) is 44.5 Å². The SMILES string of the molecule is CC1C(c2ccc(-c3ccc4ccccc4c3)cc2)=NC(c2ccccc2)[N-]C1c1ccc(-c2cc(-c3cccc4c3oc3ccccc34)cc(-c3cccc4c3oc3ccccc34)c2)cc1. The van der Waals surface area contributed by atoms with Crippen LogP contribution in [0.2, 0.25) is 0 Å². The largest absolute Gasteiger partial charge is 0.629 e. The average molecular weight is 860 g/mol. The van der Waals surface area contributed by atoms with Gasteiger partial charge < -0.3 is 19.1 Å². The molecular formula is C63H43N2O2-. The molecule has 67 heavy (non-hydrogen) atoms. The molecule has 0 saturated heterocycles. The maximum Gasteiger partial charge on any atom is 0.143 e. The van der Waals surface area contributed by atoms with Crippen molar-refractivity contribution in [2.75, 3.05) is 0 Å². The second-order valence-corrected chi connectivity index (χ2v) is 17.8. The minimum absolute atomic E-state index is 0.0425. The van der Waals surface area contributed by atoms with Gasteiger partial charge in [-0.3, -0.25) is 0 Å². The van der Waals surface area contributed by atoms with Gasteiger partial charge in [0.15, 0.2) is 0 Å². The van der Waals surface area contributed by atoms with Gasteiger partial charge in [-0.25, -0.2) is 0 Å². The summed E-state index contributed by atoms with van der Waals surface area (Å²) >= 11 is 0. The van der Waals surface area contributed by atoms with E-state index in [1.807, 2.05) is 24.3 Å². The molecule has 0 fully saturated rings. The Morgan fingerprint density at radius 1 is 0.373 bits per heavy atom. The molecule has 12 aromatic rings. The van der Waals surface area contributed by atoms with Crippen molar-refractivity contribution in [1.29, 1.82) is 0 Å². The van der Waals surface area contributed by atoms with E-state index in [0.717, 1.165) is 99.7 Å². The van der Waals surface area contributed by atoms with E-state index in [2.05, 4.69) is 207 Å². The Morgan fingerprint density at radius 2 is 0.881 bits per heavy atom. The predicted molar refractivity (Wildman–Crippen MR) is 278 cm³/mol. The van der Waals surface area contributed by atoms with Crippen LogP contribution in [0.1, 0.15) is 35.8 Å². The molecule has 4 nitrogen and oxygen atoms in total. The van der Waals surface area contributed by atoms with Crippen LogP contribution in [-0.4, -0.2) is 5.71 Å². The predicted octanol–water partition coefficient (Wildman–Crippen LogP) is 17.6. The summed E-state index contributed by atoms with van der Waals surface area (Å²) in [5.74, 6) is 0.0425. The van der Waals surface area contributed by atoms with Crippen LogP contribution in [0.3, 0.4) is 0 Å². The molecule has 0 bridgehead atoms. The van der Waals surface area contributed by atoms with E-state index >= 15 is 0 Å². The molecule has 3 heterocycles. The molecule has 0 radical (unpaired) electrons. The summed E-state index contributed by atoms with van der Waals surface area (Å²) < 4.78 is 13.2. The Hall–Kier alpha value is -8.31. The number of fused-ring (bicyclic) bond motifs is 7. The molecule has 1 aliphatic heterocycles. The molecule has 0 saturated carbocycles. The fraction of sp³-hybridized carbons (Fsp3) is 0.0635. The van der Waals surface area contributed by atoms with E-state index in [1.54, 1.807) is 0 Å². The normalized spacial score (nSPS) is 16.3. The summed E-state index contributed by atoms with van der Waals surface area (Å²) in [4.78, 5) is 5.37. The Bertz CT molecular complexity index is 3730. The second kappa shape index (κ2) is 16.0. The highest BCUT2D eigenvalue weighted by Crippen LogP contribution is 2.46. The van der Waals surface area contributed by atoms with Crippen molar-refractivity contribution in [3.63, 3.8) is 0 Å². The summed E-state index contributed by atoms with van der Waals surface area (Å²) in [6, 6.07) is 79.9. The first-order valence-corrected chi connectivity index (χ1v) is 23.1. The molecule has 2 aromatic heterocycles. The van der Waals surface area contributed by atoms with E-state index in [-0.39, 0.29) is 18.1 Å². The summed E-state index contributed by atoms with van der Waals surface area (Å²) in [6.07, 6.45) is -0.321. The van der Waals surface area contributed by atoms with Gasteiger partial charge in [-0.2, -0.15) is 0 Å². The molecule has 3 unspecified atom stereocenters. The van der Waals surface area contributed by atoms with Crippen LogP contribution >= 0.6 is 0 Å². The van der Waals surface area contributed by atoms with Gasteiger partial charge in [0, 0.05) is 38.4 Å². The molecule has 13 rings (SSSR count). The van der Waals surface area contributed by atoms with E-state index in [9.17, 15) is 0 Å². The third kappa shape index (κ3) is 6.84. The highest BCUT2D eigenvalue weighted by molar-refractivity contribution is 6.12. The zero-order chi connectivity index (χ0) is 44.4. The summed E-state index contributed by atoms with van der Waals surface area (Å²) in [6.45, 7) is 2.27. The van der Waals surface area contributed by atoms with Gasteiger partial charge in [0.25, 0.3) is 0 Å². The van der Waals surface area contributed by atoms with E-state index < -0.39 is 0 Å². The molecular weight excluding hydrogens is 817 g/mol. The number of nitrogens with zero attached hydrogens (tertiary/aromatic N) is 2. The third-order valence-electron chi connectivity index (χ3n) is 13.8. The van der Waals surface area contributed by atoms with Gasteiger partial charge in [-0.15, -0.1) is 6.04 Å². The smallest absolute Gasteiger partial charge is 0.143 e. The summed E-state index contributed by atoms with van der Waals surface area (Å²) in [7, 11) is 0. The standard InChI is InChI=1S/C63H43N2O2/c1-39-59(43-30-25-41(26-31-43)47-34-29-40-13-5-6-16-46(40)35-47)64-63(45-14-3-2-4-15-45)65-60(39)44-32-27-42(28-33-44)48-36-49(51-19-11-21-55-53-17-7-9-23-57(53)66-61(51)55)38-50(37-48)52-20-12-22-56-54-18-8-10-24-58(54)67-62(52)56/h2-39,60,63H,1H3/q-1. The molecule has 10 aromatic carbocycles. The fourth-order valence-corrected chi connectivity index (χ4v) is 10.3. The first-order valence-electron chi connectivity index (χ1n) is 23.1. The highest BCUT2D eigenvalue weighted by Gasteiger charge is 2.25. The Morgan fingerprint density at radius 3 is 1.54 bits per heavy atom. The molecule has 318 valence electrons. The highest BCUT2D eigenvalue weighted by atomic mass is 16.3. The van der Waals surface area contributed by atoms with Crippen LogP contribution < -0.4 is 0 Å². The van der Waals surface area contributed by atoms with Crippen LogP contribution in [0.5, 0.6) is 0 Å². The number of furan rings is 2. The first-order chi connectivity index (χ1) is 33.1. The quantitative estimate of drug-likeness (QED) is 0.160. The lowest BCUT2D eigenvalue weighted by molar-refractivity contribution is 0.570. The monoisotopic (exact) mass is 859 g/mol. The van der Waals surface area contributed by atoms with E-state index in [4.69, 9.17) is 19.1 Å². The molecule has 0 aliphatic carbocycles. The lowest BCUT2D eigenvalue weighted by atomic mass is 9.84. The number of benzene rings is 10. The maximum absolute atomic E-state index is 6.61. The minimum Gasteiger partial charge on any atom is -0.629 e. The zero-order valence-electron chi connectivity index (χ0n) is 36.8. The second-order valence-electron chi connectivity index (χ2n) is 17.8. The number of hydrogen-bond donors (Lipinski definition) is 0. The van der Waals surface area contributed by atoms with Crippen LogP contribution in [0.15, 0.2) is 238 Å². The number of hydrogen-bond acceptors (Lipinski definition) is 3. The number of aliphatic imine (C=N–C) groups is 1. The van der Waals surface area contributed by atoms with E-state index in [1.165, 1.54) is 21.9 Å². The van der Waals surface area contributed by atoms with Crippen molar-refractivity contribution < 1.29 is 8.83 Å². The van der Waals surface area contributed by atoms with Gasteiger partial charge in [0.05, 0.1) is 0 Å². The first kappa shape index (κ1) is 39.1. The molecule has 4 heteroatoms. The van der Waals surface area contributed by atoms with Crippen LogP contribution in [-0.2, 0) is 0 Å². The van der Waals surface area contributed by atoms with Gasteiger partial charge in [-0.05, 0) is 104 Å². The summed E-state index contributed by atoms with van der Waals surface area (Å²) in [5.41, 5.74) is 16.8. The molecule has 0 amide bonds. The zero-order valence-corrected chi connectivity index (χ0v) is 36.8. The molecule has 0 spiro atoms. The molecule has 1 aliphatic rings. The van der Waals surface area contributed by atoms with Gasteiger partial charge >= 0.3 is 0 Å². The summed E-state index contributed by atoms with van der Waals surface area (Å²) in [5, 5.41) is 12.4. The van der Waals surface area contributed by atoms with Crippen LogP contribution in [0.25, 0.3) is 104 Å². The van der Waals surface area contributed by atoms with E-state index in [0.29, 0.717) is 0 Å². The van der Waals surface area contributed by atoms with Gasteiger partial charge in [-0.1, -0.05) is 201 Å². The Labute approximate surface area is 388 Å². The Balaban J connectivity index is 0.892. The van der Waals surface area contributed by atoms with Crippen molar-refractivity contribution in [3.05, 3.63) is 246 Å². The van der Waals surface area contributed by atoms with Gasteiger partial charge in [0.1, 0.15) is 22.3 Å². The van der Waals surface area contributed by atoms with Crippen LogP contribution in [0.4, 0.5) is 0 Å². The van der Waals surface area contributed by atoms with Gasteiger partial charge in [0.2, 0.25) is 0 Å². The van der Waals surface area contributed by atoms with Crippen molar-refractivity contribution in [2.24, 2.45) is 10.9 Å². The topological polar surface area (TPSA) is 52.7 Å². The maximum atomic E-state index is 6.61. The fourth-order valence-electron chi connectivity index (χ4n) is 10.3. The number of para-hydroxylation sites is 4. The minimum atomic E-state index is -0.321. The molecule has 0 N–H and O–H groups in total. The average Bonchev–Trinajstić information content (AvgIpc) is 3.98. The van der Waals surface area contributed by atoms with Crippen LogP contribution in [0, 0.1) is 5.92 Å².